The average molecular weight is 265 g/mol. The van der Waals surface area contributed by atoms with E-state index in [4.69, 9.17) is 9.47 Å². The minimum Gasteiger partial charge on any atom is -0.496 e. The molecule has 1 aromatic rings. The van der Waals surface area contributed by atoms with Crippen LogP contribution in [0.3, 0.4) is 0 Å². The summed E-state index contributed by atoms with van der Waals surface area (Å²) in [5.74, 6) is 0.252. The Labute approximate surface area is 112 Å². The highest BCUT2D eigenvalue weighted by molar-refractivity contribution is 6.01. The normalized spacial score (nSPS) is 10.7. The van der Waals surface area contributed by atoms with E-state index in [1.54, 1.807) is 45.0 Å². The molecule has 1 rings (SSSR count). The van der Waals surface area contributed by atoms with Gasteiger partial charge in [0, 0.05) is 0 Å². The van der Waals surface area contributed by atoms with Gasteiger partial charge in [-0.2, -0.15) is 0 Å². The molecular weight excluding hydrogens is 246 g/mol. The van der Waals surface area contributed by atoms with Gasteiger partial charge in [-0.25, -0.2) is 4.79 Å². The van der Waals surface area contributed by atoms with Gasteiger partial charge in [0.25, 0.3) is 0 Å². The van der Waals surface area contributed by atoms with Crippen molar-refractivity contribution in [1.29, 1.82) is 0 Å². The summed E-state index contributed by atoms with van der Waals surface area (Å²) in [6.07, 6.45) is -0.615. The Morgan fingerprint density at radius 3 is 2.42 bits per heavy atom. The molecule has 5 heteroatoms. The molecule has 19 heavy (non-hydrogen) atoms. The first-order valence-corrected chi connectivity index (χ1v) is 5.96. The van der Waals surface area contributed by atoms with Crippen LogP contribution in [0.2, 0.25) is 0 Å². The molecule has 104 valence electrons. The first-order valence-electron chi connectivity index (χ1n) is 5.96. The van der Waals surface area contributed by atoms with Crippen molar-refractivity contribution in [3.63, 3.8) is 0 Å². The van der Waals surface area contributed by atoms with Crippen LogP contribution in [0.1, 0.15) is 31.1 Å². The second-order valence-corrected chi connectivity index (χ2v) is 4.98. The number of methoxy groups -OCH3 is 1. The van der Waals surface area contributed by atoms with Gasteiger partial charge in [-0.3, -0.25) is 4.79 Å². The lowest BCUT2D eigenvalue weighted by Crippen LogP contribution is -2.35. The average Bonchev–Trinajstić information content (AvgIpc) is 2.33. The van der Waals surface area contributed by atoms with E-state index < -0.39 is 11.7 Å². The molecule has 0 spiro atoms. The molecule has 0 aliphatic carbocycles. The van der Waals surface area contributed by atoms with Crippen molar-refractivity contribution in [1.82, 2.24) is 5.32 Å². The number of rotatable bonds is 4. The summed E-state index contributed by atoms with van der Waals surface area (Å²) in [7, 11) is 1.49. The van der Waals surface area contributed by atoms with E-state index in [0.29, 0.717) is 11.3 Å². The summed E-state index contributed by atoms with van der Waals surface area (Å²) in [4.78, 5) is 23.4. The van der Waals surface area contributed by atoms with Crippen LogP contribution in [0.25, 0.3) is 0 Å². The third-order valence-corrected chi connectivity index (χ3v) is 2.20. The number of ether oxygens (including phenoxy) is 2. The van der Waals surface area contributed by atoms with Crippen molar-refractivity contribution in [3.8, 4) is 5.75 Å². The fourth-order valence-corrected chi connectivity index (χ4v) is 1.44. The molecule has 0 saturated heterocycles. The smallest absolute Gasteiger partial charge is 0.408 e. The molecule has 0 aliphatic heterocycles. The lowest BCUT2D eigenvalue weighted by atomic mass is 10.1. The van der Waals surface area contributed by atoms with Crippen LogP contribution >= 0.6 is 0 Å². The molecule has 0 bridgehead atoms. The molecule has 0 heterocycles. The standard InChI is InChI=1S/C14H19NO4/c1-14(2,3)19-13(17)15-9-11(16)10-7-5-6-8-12(10)18-4/h5-8H,9H2,1-4H3,(H,15,17). The molecule has 0 radical (unpaired) electrons. The first-order chi connectivity index (χ1) is 8.83. The van der Waals surface area contributed by atoms with Gasteiger partial charge >= 0.3 is 6.09 Å². The van der Waals surface area contributed by atoms with E-state index in [1.807, 2.05) is 0 Å². The van der Waals surface area contributed by atoms with E-state index >= 15 is 0 Å². The van der Waals surface area contributed by atoms with Gasteiger partial charge in [-0.05, 0) is 32.9 Å². The highest BCUT2D eigenvalue weighted by atomic mass is 16.6. The van der Waals surface area contributed by atoms with E-state index in [9.17, 15) is 9.59 Å². The summed E-state index contributed by atoms with van der Waals surface area (Å²) in [6, 6.07) is 6.86. The largest absolute Gasteiger partial charge is 0.496 e. The van der Waals surface area contributed by atoms with E-state index in [2.05, 4.69) is 5.32 Å². The number of carbonyl (C=O) groups is 2. The lowest BCUT2D eigenvalue weighted by molar-refractivity contribution is 0.0520. The van der Waals surface area contributed by atoms with Crippen molar-refractivity contribution in [3.05, 3.63) is 29.8 Å². The monoisotopic (exact) mass is 265 g/mol. The Balaban J connectivity index is 2.59. The fourth-order valence-electron chi connectivity index (χ4n) is 1.44. The van der Waals surface area contributed by atoms with E-state index in [1.165, 1.54) is 7.11 Å². The number of alkyl carbamates (subject to hydrolysis) is 1. The summed E-state index contributed by atoms with van der Waals surface area (Å²) in [5.41, 5.74) is -0.154. The van der Waals surface area contributed by atoms with Crippen molar-refractivity contribution >= 4 is 11.9 Å². The third-order valence-electron chi connectivity index (χ3n) is 2.20. The molecule has 0 aromatic heterocycles. The number of para-hydroxylation sites is 1. The Hall–Kier alpha value is -2.04. The molecule has 0 atom stereocenters. The van der Waals surface area contributed by atoms with Gasteiger partial charge in [-0.15, -0.1) is 0 Å². The maximum absolute atomic E-state index is 11.9. The van der Waals surface area contributed by atoms with Crippen LogP contribution < -0.4 is 10.1 Å². The Bertz CT molecular complexity index is 463. The molecule has 1 amide bonds. The Morgan fingerprint density at radius 2 is 1.84 bits per heavy atom. The maximum Gasteiger partial charge on any atom is 0.408 e. The maximum atomic E-state index is 11.9. The number of benzene rings is 1. The highest BCUT2D eigenvalue weighted by Gasteiger charge is 2.18. The predicted octanol–water partition coefficient (Wildman–Crippen LogP) is 2.40. The molecule has 1 aromatic carbocycles. The van der Waals surface area contributed by atoms with E-state index in [-0.39, 0.29) is 12.3 Å². The quantitative estimate of drug-likeness (QED) is 0.849. The summed E-state index contributed by atoms with van der Waals surface area (Å²) >= 11 is 0. The zero-order valence-corrected chi connectivity index (χ0v) is 11.6. The number of amides is 1. The summed E-state index contributed by atoms with van der Waals surface area (Å²) < 4.78 is 10.1. The second-order valence-electron chi connectivity index (χ2n) is 4.98. The molecule has 0 saturated carbocycles. The number of nitrogens with one attached hydrogen (secondary N) is 1. The van der Waals surface area contributed by atoms with Crippen molar-refractivity contribution in [2.24, 2.45) is 0 Å². The zero-order valence-electron chi connectivity index (χ0n) is 11.6. The summed E-state index contributed by atoms with van der Waals surface area (Å²) in [6.45, 7) is 5.15. The minimum absolute atomic E-state index is 0.130. The van der Waals surface area contributed by atoms with Crippen LogP contribution in [-0.4, -0.2) is 31.1 Å². The number of ketones is 1. The van der Waals surface area contributed by atoms with Gasteiger partial charge in [0.15, 0.2) is 5.78 Å². The zero-order chi connectivity index (χ0) is 14.5. The highest BCUT2D eigenvalue weighted by Crippen LogP contribution is 2.17. The first kappa shape index (κ1) is 15.0. The van der Waals surface area contributed by atoms with Crippen molar-refractivity contribution < 1.29 is 19.1 Å². The number of hydrogen-bond acceptors (Lipinski definition) is 4. The SMILES string of the molecule is COc1ccccc1C(=O)CNC(=O)OC(C)(C)C. The van der Waals surface area contributed by atoms with Crippen LogP contribution in [0.5, 0.6) is 5.75 Å². The van der Waals surface area contributed by atoms with E-state index in [0.717, 1.165) is 0 Å². The van der Waals surface area contributed by atoms with Gasteiger partial charge in [-0.1, -0.05) is 12.1 Å². The fraction of sp³-hybridized carbons (Fsp3) is 0.429. The van der Waals surface area contributed by atoms with Gasteiger partial charge in [0.1, 0.15) is 11.4 Å². The number of Topliss-reactive ketones (excluding diaryl/α,β-unsaturated/α-hetero) is 1. The number of hydrogen-bond donors (Lipinski definition) is 1. The van der Waals surface area contributed by atoms with Crippen molar-refractivity contribution in [2.75, 3.05) is 13.7 Å². The van der Waals surface area contributed by atoms with Gasteiger partial charge < -0.3 is 14.8 Å². The molecule has 1 N–H and O–H groups in total. The van der Waals surface area contributed by atoms with Gasteiger partial charge in [0.05, 0.1) is 19.2 Å². The van der Waals surface area contributed by atoms with Crippen LogP contribution in [-0.2, 0) is 4.74 Å². The molecule has 0 fully saturated rings. The molecule has 0 aliphatic rings. The number of carbonyl (C=O) groups excluding carboxylic acids is 2. The Kier molecular flexibility index (Phi) is 4.92. The van der Waals surface area contributed by atoms with Crippen LogP contribution in [0.4, 0.5) is 4.79 Å². The molecule has 5 nitrogen and oxygen atoms in total. The van der Waals surface area contributed by atoms with Crippen LogP contribution in [0, 0.1) is 0 Å². The topological polar surface area (TPSA) is 64.6 Å². The predicted molar refractivity (Wildman–Crippen MR) is 71.6 cm³/mol. The molecular formula is C14H19NO4. The van der Waals surface area contributed by atoms with Crippen molar-refractivity contribution in [2.45, 2.75) is 26.4 Å². The minimum atomic E-state index is -0.615. The molecule has 0 unspecified atom stereocenters. The Morgan fingerprint density at radius 1 is 1.21 bits per heavy atom. The summed E-state index contributed by atoms with van der Waals surface area (Å²) in [5, 5.41) is 2.42. The lowest BCUT2D eigenvalue weighted by Gasteiger charge is -2.19. The second kappa shape index (κ2) is 6.22. The van der Waals surface area contributed by atoms with Gasteiger partial charge in [0.2, 0.25) is 0 Å². The van der Waals surface area contributed by atoms with Crippen LogP contribution in [0.15, 0.2) is 24.3 Å². The third kappa shape index (κ3) is 4.99.